The van der Waals surface area contributed by atoms with Gasteiger partial charge in [-0.2, -0.15) is 0 Å². The summed E-state index contributed by atoms with van der Waals surface area (Å²) in [7, 11) is 3.68. The van der Waals surface area contributed by atoms with E-state index in [2.05, 4.69) is 22.0 Å². The lowest BCUT2D eigenvalue weighted by atomic mass is 10.2. The standard InChI is InChI=1S/C12H17N3O2/c1-14-5-7-15(8-6-14)10-3-4-11(13-16)12(9-10)17-2/h3-4,9H,5-8H2,1-2H3. The van der Waals surface area contributed by atoms with Gasteiger partial charge in [0.2, 0.25) is 0 Å². The molecule has 1 heterocycles. The van der Waals surface area contributed by atoms with Gasteiger partial charge in [0.15, 0.2) is 0 Å². The molecule has 0 atom stereocenters. The Hall–Kier alpha value is -1.62. The number of nitrogens with zero attached hydrogens (tertiary/aromatic N) is 3. The fraction of sp³-hybridized carbons (Fsp3) is 0.500. The van der Waals surface area contributed by atoms with Crippen molar-refractivity contribution in [2.45, 2.75) is 0 Å². The number of likely N-dealkylation sites (N-methyl/N-ethyl adjacent to an activating group) is 1. The maximum absolute atomic E-state index is 10.6. The summed E-state index contributed by atoms with van der Waals surface area (Å²) in [5.74, 6) is 0.538. The number of ether oxygens (including phenoxy) is 1. The van der Waals surface area contributed by atoms with E-state index in [0.29, 0.717) is 11.4 Å². The van der Waals surface area contributed by atoms with Gasteiger partial charge < -0.3 is 14.5 Å². The number of benzene rings is 1. The van der Waals surface area contributed by atoms with Crippen molar-refractivity contribution in [1.29, 1.82) is 0 Å². The first-order chi connectivity index (χ1) is 8.24. The van der Waals surface area contributed by atoms with E-state index in [9.17, 15) is 4.91 Å². The molecule has 1 aromatic carbocycles. The quantitative estimate of drug-likeness (QED) is 0.750. The van der Waals surface area contributed by atoms with Gasteiger partial charge in [-0.3, -0.25) is 0 Å². The van der Waals surface area contributed by atoms with Gasteiger partial charge in [0.1, 0.15) is 11.4 Å². The third kappa shape index (κ3) is 2.55. The first kappa shape index (κ1) is 11.9. The normalized spacial score (nSPS) is 16.9. The Kier molecular flexibility index (Phi) is 3.58. The minimum absolute atomic E-state index is 0.352. The first-order valence-corrected chi connectivity index (χ1v) is 5.69. The van der Waals surface area contributed by atoms with Crippen LogP contribution in [0, 0.1) is 4.91 Å². The van der Waals surface area contributed by atoms with Gasteiger partial charge in [-0.15, -0.1) is 4.91 Å². The molecular weight excluding hydrogens is 218 g/mol. The summed E-state index contributed by atoms with van der Waals surface area (Å²) in [6, 6.07) is 5.51. The summed E-state index contributed by atoms with van der Waals surface area (Å²) in [5, 5.41) is 2.94. The Morgan fingerprint density at radius 2 is 1.94 bits per heavy atom. The van der Waals surface area contributed by atoms with E-state index >= 15 is 0 Å². The second kappa shape index (κ2) is 5.14. The molecule has 5 heteroatoms. The van der Waals surface area contributed by atoms with Gasteiger partial charge in [0.25, 0.3) is 0 Å². The van der Waals surface area contributed by atoms with Gasteiger partial charge >= 0.3 is 0 Å². The fourth-order valence-electron chi connectivity index (χ4n) is 2.00. The lowest BCUT2D eigenvalue weighted by Gasteiger charge is -2.34. The Morgan fingerprint density at radius 1 is 1.24 bits per heavy atom. The van der Waals surface area contributed by atoms with Crippen LogP contribution in [0.25, 0.3) is 0 Å². The molecule has 2 rings (SSSR count). The highest BCUT2D eigenvalue weighted by atomic mass is 16.5. The van der Waals surface area contributed by atoms with E-state index in [1.54, 1.807) is 13.2 Å². The highest BCUT2D eigenvalue weighted by molar-refractivity contribution is 5.62. The minimum Gasteiger partial charge on any atom is -0.494 e. The Bertz CT molecular complexity index is 401. The fourth-order valence-corrected chi connectivity index (χ4v) is 2.00. The van der Waals surface area contributed by atoms with Crippen LogP contribution in [0.2, 0.25) is 0 Å². The minimum atomic E-state index is 0.352. The van der Waals surface area contributed by atoms with Crippen molar-refractivity contribution < 1.29 is 4.74 Å². The number of rotatable bonds is 3. The molecule has 0 radical (unpaired) electrons. The topological polar surface area (TPSA) is 45.1 Å². The van der Waals surface area contributed by atoms with Crippen LogP contribution < -0.4 is 9.64 Å². The van der Waals surface area contributed by atoms with Gasteiger partial charge in [0.05, 0.1) is 7.11 Å². The van der Waals surface area contributed by atoms with Crippen molar-refractivity contribution in [2.24, 2.45) is 5.18 Å². The maximum atomic E-state index is 10.6. The summed E-state index contributed by atoms with van der Waals surface area (Å²) in [6.07, 6.45) is 0. The van der Waals surface area contributed by atoms with Crippen molar-refractivity contribution in [1.82, 2.24) is 4.90 Å². The molecular formula is C12H17N3O2. The summed E-state index contributed by atoms with van der Waals surface area (Å²) >= 11 is 0. The van der Waals surface area contributed by atoms with E-state index in [-0.39, 0.29) is 0 Å². The van der Waals surface area contributed by atoms with Gasteiger partial charge in [-0.05, 0) is 24.4 Å². The highest BCUT2D eigenvalue weighted by Crippen LogP contribution is 2.31. The smallest absolute Gasteiger partial charge is 0.150 e. The van der Waals surface area contributed by atoms with Crippen molar-refractivity contribution in [3.63, 3.8) is 0 Å². The third-order valence-electron chi connectivity index (χ3n) is 3.13. The Labute approximate surface area is 101 Å². The number of anilines is 1. The predicted molar refractivity (Wildman–Crippen MR) is 68.2 cm³/mol. The lowest BCUT2D eigenvalue weighted by Crippen LogP contribution is -2.44. The Morgan fingerprint density at radius 3 is 2.53 bits per heavy atom. The second-order valence-electron chi connectivity index (χ2n) is 4.24. The number of hydrogen-bond acceptors (Lipinski definition) is 5. The zero-order valence-electron chi connectivity index (χ0n) is 10.2. The van der Waals surface area contributed by atoms with Crippen LogP contribution in [-0.4, -0.2) is 45.2 Å². The van der Waals surface area contributed by atoms with E-state index < -0.39 is 0 Å². The first-order valence-electron chi connectivity index (χ1n) is 5.69. The van der Waals surface area contributed by atoms with Crippen molar-refractivity contribution in [2.75, 3.05) is 45.2 Å². The SMILES string of the molecule is COc1cc(N2CCN(C)CC2)ccc1N=O. The molecule has 0 amide bonds. The highest BCUT2D eigenvalue weighted by Gasteiger charge is 2.15. The molecule has 92 valence electrons. The molecule has 0 unspecified atom stereocenters. The zero-order valence-corrected chi connectivity index (χ0v) is 10.2. The van der Waals surface area contributed by atoms with Crippen molar-refractivity contribution in [3.05, 3.63) is 23.1 Å². The number of methoxy groups -OCH3 is 1. The van der Waals surface area contributed by atoms with E-state index in [4.69, 9.17) is 4.74 Å². The number of nitroso groups, excluding NO2 is 1. The molecule has 1 saturated heterocycles. The molecule has 17 heavy (non-hydrogen) atoms. The molecule has 1 fully saturated rings. The van der Waals surface area contributed by atoms with Crippen LogP contribution in [0.3, 0.4) is 0 Å². The molecule has 0 aromatic heterocycles. The van der Waals surface area contributed by atoms with E-state index in [1.807, 2.05) is 12.1 Å². The molecule has 1 aromatic rings. The molecule has 0 bridgehead atoms. The summed E-state index contributed by atoms with van der Waals surface area (Å²) in [4.78, 5) is 15.2. The van der Waals surface area contributed by atoms with Crippen LogP contribution in [-0.2, 0) is 0 Å². The van der Waals surface area contributed by atoms with Gasteiger partial charge in [-0.1, -0.05) is 0 Å². The summed E-state index contributed by atoms with van der Waals surface area (Å²) in [6.45, 7) is 4.09. The number of piperazine rings is 1. The molecule has 1 aliphatic rings. The average Bonchev–Trinajstić information content (AvgIpc) is 2.39. The van der Waals surface area contributed by atoms with Crippen LogP contribution in [0.4, 0.5) is 11.4 Å². The molecule has 5 nitrogen and oxygen atoms in total. The van der Waals surface area contributed by atoms with Crippen LogP contribution in [0.1, 0.15) is 0 Å². The molecule has 0 N–H and O–H groups in total. The molecule has 0 saturated carbocycles. The lowest BCUT2D eigenvalue weighted by molar-refractivity contribution is 0.312. The maximum Gasteiger partial charge on any atom is 0.150 e. The summed E-state index contributed by atoms with van der Waals surface area (Å²) in [5.41, 5.74) is 1.44. The van der Waals surface area contributed by atoms with Crippen LogP contribution in [0.5, 0.6) is 5.75 Å². The van der Waals surface area contributed by atoms with E-state index in [1.165, 1.54) is 0 Å². The van der Waals surface area contributed by atoms with Crippen LogP contribution >= 0.6 is 0 Å². The average molecular weight is 235 g/mol. The molecule has 1 aliphatic heterocycles. The van der Waals surface area contributed by atoms with Gasteiger partial charge in [-0.25, -0.2) is 0 Å². The monoisotopic (exact) mass is 235 g/mol. The van der Waals surface area contributed by atoms with E-state index in [0.717, 1.165) is 31.9 Å². The third-order valence-corrected chi connectivity index (χ3v) is 3.13. The molecule has 0 spiro atoms. The second-order valence-corrected chi connectivity index (χ2v) is 4.24. The van der Waals surface area contributed by atoms with Gasteiger partial charge in [0, 0.05) is 37.9 Å². The Balaban J connectivity index is 2.18. The predicted octanol–water partition coefficient (Wildman–Crippen LogP) is 1.84. The zero-order chi connectivity index (χ0) is 12.3. The summed E-state index contributed by atoms with van der Waals surface area (Å²) < 4.78 is 5.16. The molecule has 0 aliphatic carbocycles. The van der Waals surface area contributed by atoms with Crippen molar-refractivity contribution in [3.8, 4) is 5.75 Å². The largest absolute Gasteiger partial charge is 0.494 e. The van der Waals surface area contributed by atoms with Crippen molar-refractivity contribution >= 4 is 11.4 Å². The number of hydrogen-bond donors (Lipinski definition) is 0. The van der Waals surface area contributed by atoms with Crippen LogP contribution in [0.15, 0.2) is 23.4 Å².